The van der Waals surface area contributed by atoms with Crippen LogP contribution >= 0.6 is 43.2 Å². The lowest BCUT2D eigenvalue weighted by molar-refractivity contribution is 0.870. The number of rotatable bonds is 3. The van der Waals surface area contributed by atoms with Gasteiger partial charge in [-0.3, -0.25) is 0 Å². The van der Waals surface area contributed by atoms with Crippen LogP contribution in [0.5, 0.6) is 0 Å². The maximum Gasteiger partial charge on any atom is 0.148 e. The Morgan fingerprint density at radius 2 is 2.12 bits per heavy atom. The van der Waals surface area contributed by atoms with Gasteiger partial charge in [0.2, 0.25) is 0 Å². The van der Waals surface area contributed by atoms with E-state index in [-0.39, 0.29) is 0 Å². The Kier molecular flexibility index (Phi) is 4.33. The van der Waals surface area contributed by atoms with Gasteiger partial charge in [-0.1, -0.05) is 56.2 Å². The van der Waals surface area contributed by atoms with E-state index in [1.54, 1.807) is 11.3 Å². The quantitative estimate of drug-likeness (QED) is 0.695. The molecule has 1 aromatic carbocycles. The highest BCUT2D eigenvalue weighted by Gasteiger charge is 2.13. The fourth-order valence-electron chi connectivity index (χ4n) is 1.51. The fourth-order valence-corrected chi connectivity index (χ4v) is 3.35. The minimum Gasteiger partial charge on any atom is -0.142 e. The van der Waals surface area contributed by atoms with E-state index in [4.69, 9.17) is 0 Å². The minimum absolute atomic E-state index is 0.310. The van der Waals surface area contributed by atoms with Crippen LogP contribution in [0.25, 0.3) is 10.6 Å². The molecule has 0 aliphatic heterocycles. The zero-order valence-corrected chi connectivity index (χ0v) is 13.6. The molecule has 0 aliphatic rings. The molecule has 1 unspecified atom stereocenters. The molecule has 0 radical (unpaired) electrons. The summed E-state index contributed by atoms with van der Waals surface area (Å²) >= 11 is 8.72. The molecule has 90 valence electrons. The van der Waals surface area contributed by atoms with Crippen LogP contribution in [0.3, 0.4) is 0 Å². The summed E-state index contributed by atoms with van der Waals surface area (Å²) in [6.45, 7) is 4.22. The van der Waals surface area contributed by atoms with Crippen molar-refractivity contribution >= 4 is 43.2 Å². The lowest BCUT2D eigenvalue weighted by Crippen LogP contribution is -1.85. The van der Waals surface area contributed by atoms with Crippen LogP contribution < -0.4 is 0 Å². The number of halogens is 2. The number of nitrogens with zero attached hydrogens (tertiary/aromatic N) is 2. The monoisotopic (exact) mass is 374 g/mol. The van der Waals surface area contributed by atoms with Gasteiger partial charge in [0, 0.05) is 10.0 Å². The van der Waals surface area contributed by atoms with Gasteiger partial charge in [-0.05, 0) is 31.0 Å². The molecule has 0 fully saturated rings. The van der Waals surface area contributed by atoms with Gasteiger partial charge >= 0.3 is 0 Å². The van der Waals surface area contributed by atoms with Gasteiger partial charge in [-0.15, -0.1) is 10.2 Å². The van der Waals surface area contributed by atoms with Crippen LogP contribution in [0.15, 0.2) is 22.7 Å². The molecule has 0 aliphatic carbocycles. The van der Waals surface area contributed by atoms with Crippen LogP contribution in [0.1, 0.15) is 28.7 Å². The van der Waals surface area contributed by atoms with Crippen LogP contribution in [0.2, 0.25) is 0 Å². The molecule has 17 heavy (non-hydrogen) atoms. The minimum atomic E-state index is 0.310. The summed E-state index contributed by atoms with van der Waals surface area (Å²) in [6, 6.07) is 6.22. The first-order valence-electron chi connectivity index (χ1n) is 5.35. The summed E-state index contributed by atoms with van der Waals surface area (Å²) in [5.41, 5.74) is 2.37. The molecule has 0 N–H and O–H groups in total. The Hall–Kier alpha value is -0.260. The van der Waals surface area contributed by atoms with Crippen molar-refractivity contribution in [1.29, 1.82) is 0 Å². The molecular weight excluding hydrogens is 364 g/mol. The highest BCUT2D eigenvalue weighted by Crippen LogP contribution is 2.34. The first kappa shape index (κ1) is 13.2. The molecule has 0 amide bonds. The van der Waals surface area contributed by atoms with Crippen LogP contribution in [-0.4, -0.2) is 10.2 Å². The number of hydrogen-bond acceptors (Lipinski definition) is 3. The summed E-state index contributed by atoms with van der Waals surface area (Å²) in [7, 11) is 0. The summed E-state index contributed by atoms with van der Waals surface area (Å²) in [6.07, 6.45) is 1.02. The van der Waals surface area contributed by atoms with Gasteiger partial charge < -0.3 is 0 Å². The Morgan fingerprint density at radius 3 is 2.76 bits per heavy atom. The Morgan fingerprint density at radius 1 is 1.35 bits per heavy atom. The largest absolute Gasteiger partial charge is 0.148 e. The molecule has 0 spiro atoms. The van der Waals surface area contributed by atoms with Crippen molar-refractivity contribution in [2.24, 2.45) is 0 Å². The number of alkyl halides is 1. The Labute approximate surface area is 122 Å². The van der Waals surface area contributed by atoms with Gasteiger partial charge in [-0.25, -0.2) is 0 Å². The van der Waals surface area contributed by atoms with Gasteiger partial charge in [0.15, 0.2) is 0 Å². The van der Waals surface area contributed by atoms with E-state index in [1.165, 1.54) is 5.56 Å². The summed E-state index contributed by atoms with van der Waals surface area (Å²) < 4.78 is 1.09. The average Bonchev–Trinajstić information content (AvgIpc) is 2.77. The van der Waals surface area contributed by atoms with Gasteiger partial charge in [0.05, 0.1) is 4.83 Å². The molecule has 2 aromatic rings. The van der Waals surface area contributed by atoms with Crippen LogP contribution in [0, 0.1) is 6.92 Å². The predicted molar refractivity (Wildman–Crippen MR) is 79.7 cm³/mol. The van der Waals surface area contributed by atoms with Crippen molar-refractivity contribution < 1.29 is 0 Å². The van der Waals surface area contributed by atoms with E-state index in [9.17, 15) is 0 Å². The number of benzene rings is 1. The Balaban J connectivity index is 2.37. The van der Waals surface area contributed by atoms with Crippen LogP contribution in [-0.2, 0) is 0 Å². The topological polar surface area (TPSA) is 25.8 Å². The zero-order valence-electron chi connectivity index (χ0n) is 9.58. The molecule has 0 saturated heterocycles. The summed E-state index contributed by atoms with van der Waals surface area (Å²) in [5.74, 6) is 0. The number of aromatic nitrogens is 2. The molecular formula is C12H12Br2N2S. The zero-order chi connectivity index (χ0) is 12.4. The third-order valence-electron chi connectivity index (χ3n) is 2.49. The normalized spacial score (nSPS) is 12.7. The summed E-state index contributed by atoms with van der Waals surface area (Å²) in [4.78, 5) is 0.310. The van der Waals surface area contributed by atoms with E-state index < -0.39 is 0 Å². The molecule has 1 aromatic heterocycles. The SMILES string of the molecule is CCC(Br)c1nnc(-c2ccc(Br)cc2C)s1. The van der Waals surface area contributed by atoms with E-state index in [0.717, 1.165) is 26.5 Å². The Bertz CT molecular complexity index is 525. The second-order valence-corrected chi connectivity index (χ2v) is 6.81. The second-order valence-electron chi connectivity index (χ2n) is 3.78. The summed E-state index contributed by atoms with van der Waals surface area (Å²) in [5, 5.41) is 10.5. The lowest BCUT2D eigenvalue weighted by atomic mass is 10.1. The van der Waals surface area contributed by atoms with Gasteiger partial charge in [0.1, 0.15) is 10.0 Å². The lowest BCUT2D eigenvalue weighted by Gasteiger charge is -2.02. The fraction of sp³-hybridized carbons (Fsp3) is 0.333. The first-order valence-corrected chi connectivity index (χ1v) is 7.88. The second kappa shape index (κ2) is 5.59. The van der Waals surface area contributed by atoms with Crippen molar-refractivity contribution in [3.05, 3.63) is 33.2 Å². The maximum absolute atomic E-state index is 4.27. The van der Waals surface area contributed by atoms with Crippen molar-refractivity contribution in [1.82, 2.24) is 10.2 Å². The highest BCUT2D eigenvalue weighted by atomic mass is 79.9. The maximum atomic E-state index is 4.27. The van der Waals surface area contributed by atoms with Gasteiger partial charge in [-0.2, -0.15) is 0 Å². The predicted octanol–water partition coefficient (Wildman–Crippen LogP) is 5.12. The van der Waals surface area contributed by atoms with Gasteiger partial charge in [0.25, 0.3) is 0 Å². The number of hydrogen-bond donors (Lipinski definition) is 0. The average molecular weight is 376 g/mol. The first-order chi connectivity index (χ1) is 8.11. The van der Waals surface area contributed by atoms with Crippen molar-refractivity contribution in [3.8, 4) is 10.6 Å². The molecule has 2 rings (SSSR count). The van der Waals surface area contributed by atoms with E-state index in [0.29, 0.717) is 4.83 Å². The van der Waals surface area contributed by atoms with Crippen molar-refractivity contribution in [2.75, 3.05) is 0 Å². The van der Waals surface area contributed by atoms with Crippen LogP contribution in [0.4, 0.5) is 0 Å². The third-order valence-corrected chi connectivity index (χ3v) is 5.43. The van der Waals surface area contributed by atoms with Crippen molar-refractivity contribution in [3.63, 3.8) is 0 Å². The highest BCUT2D eigenvalue weighted by molar-refractivity contribution is 9.10. The number of aryl methyl sites for hydroxylation is 1. The molecule has 2 nitrogen and oxygen atoms in total. The van der Waals surface area contributed by atoms with E-state index in [1.807, 2.05) is 6.07 Å². The molecule has 1 heterocycles. The smallest absolute Gasteiger partial charge is 0.142 e. The third kappa shape index (κ3) is 2.95. The standard InChI is InChI=1S/C12H12Br2N2S/c1-3-10(14)12-16-15-11(17-12)9-5-4-8(13)6-7(9)2/h4-6,10H,3H2,1-2H3. The molecule has 1 atom stereocenters. The van der Waals surface area contributed by atoms with Crippen molar-refractivity contribution in [2.45, 2.75) is 25.1 Å². The molecule has 0 bridgehead atoms. The van der Waals surface area contributed by atoms with E-state index >= 15 is 0 Å². The molecule has 0 saturated carbocycles. The van der Waals surface area contributed by atoms with E-state index in [2.05, 4.69) is 68.0 Å². The molecule has 5 heteroatoms.